The number of likely N-dealkylation sites (tertiary alicyclic amines) is 1. The molecule has 2 aliphatic rings. The van der Waals surface area contributed by atoms with Gasteiger partial charge in [0.1, 0.15) is 18.5 Å². The van der Waals surface area contributed by atoms with Crippen LogP contribution < -0.4 is 9.64 Å². The van der Waals surface area contributed by atoms with Crippen molar-refractivity contribution in [2.75, 3.05) is 37.6 Å². The number of hydrogen-bond donors (Lipinski definition) is 0. The average molecular weight is 417 g/mol. The van der Waals surface area contributed by atoms with E-state index in [2.05, 4.69) is 9.97 Å². The number of rotatable bonds is 5. The number of anilines is 1. The van der Waals surface area contributed by atoms with Crippen LogP contribution in [0.25, 0.3) is 0 Å². The highest BCUT2D eigenvalue weighted by Gasteiger charge is 2.33. The van der Waals surface area contributed by atoms with Crippen LogP contribution in [-0.4, -0.2) is 70.5 Å². The molecule has 0 N–H and O–H groups in total. The number of nitrogens with zero attached hydrogens (tertiary/aromatic N) is 5. The van der Waals surface area contributed by atoms with Crippen molar-refractivity contribution in [2.24, 2.45) is 0 Å². The summed E-state index contributed by atoms with van der Waals surface area (Å²) in [5.41, 5.74) is 0.599. The lowest BCUT2D eigenvalue weighted by molar-refractivity contribution is -0.134. The zero-order valence-corrected chi connectivity index (χ0v) is 16.2. The lowest BCUT2D eigenvalue weighted by atomic mass is 10.1. The average Bonchev–Trinajstić information content (AvgIpc) is 3.11. The minimum Gasteiger partial charge on any atom is -0.458 e. The molecule has 1 aromatic heterocycles. The highest BCUT2D eigenvalue weighted by atomic mass is 19.1. The van der Waals surface area contributed by atoms with Gasteiger partial charge in [-0.3, -0.25) is 9.69 Å². The van der Waals surface area contributed by atoms with E-state index < -0.39 is 5.82 Å². The van der Waals surface area contributed by atoms with E-state index in [1.54, 1.807) is 17.0 Å². The summed E-state index contributed by atoms with van der Waals surface area (Å²) in [5.74, 6) is -1.09. The fourth-order valence-corrected chi connectivity index (χ4v) is 3.62. The first-order chi connectivity index (χ1) is 14.5. The van der Waals surface area contributed by atoms with E-state index in [1.165, 1.54) is 21.9 Å². The standard InChI is InChI=1S/C20H21F2N5O3/c21-14-3-5-16(6-4-14)27-9-8-26(20(27)29)13-18(28)25-7-1-2-17(12-25)30-19-23-10-15(22)11-24-19/h3-6,10-11,17H,1-2,7-9,12-13H2. The van der Waals surface area contributed by atoms with Gasteiger partial charge in [-0.2, -0.15) is 0 Å². The maximum atomic E-state index is 13.1. The topological polar surface area (TPSA) is 78.9 Å². The van der Waals surface area contributed by atoms with Crippen molar-refractivity contribution in [3.63, 3.8) is 0 Å². The lowest BCUT2D eigenvalue weighted by Crippen LogP contribution is -2.48. The second kappa shape index (κ2) is 8.60. The second-order valence-corrected chi connectivity index (χ2v) is 7.24. The molecule has 4 rings (SSSR count). The van der Waals surface area contributed by atoms with Gasteiger partial charge in [0.25, 0.3) is 0 Å². The van der Waals surface area contributed by atoms with E-state index >= 15 is 0 Å². The molecule has 3 heterocycles. The molecule has 0 radical (unpaired) electrons. The first-order valence-corrected chi connectivity index (χ1v) is 9.73. The Balaban J connectivity index is 1.32. The molecule has 1 atom stereocenters. The molecule has 0 spiro atoms. The van der Waals surface area contributed by atoms with Crippen LogP contribution >= 0.6 is 0 Å². The van der Waals surface area contributed by atoms with E-state index in [-0.39, 0.29) is 36.4 Å². The van der Waals surface area contributed by atoms with Gasteiger partial charge in [-0.1, -0.05) is 0 Å². The minimum absolute atomic E-state index is 0.0315. The van der Waals surface area contributed by atoms with Crippen LogP contribution in [0, 0.1) is 11.6 Å². The summed E-state index contributed by atoms with van der Waals surface area (Å²) < 4.78 is 31.7. The second-order valence-electron chi connectivity index (χ2n) is 7.24. The van der Waals surface area contributed by atoms with E-state index in [9.17, 15) is 18.4 Å². The van der Waals surface area contributed by atoms with E-state index in [1.807, 2.05) is 0 Å². The van der Waals surface area contributed by atoms with Crippen LogP contribution in [0.4, 0.5) is 19.3 Å². The number of amides is 3. The minimum atomic E-state index is -0.548. The number of carbonyl (C=O) groups is 2. The molecule has 1 unspecified atom stereocenters. The zero-order chi connectivity index (χ0) is 21.1. The van der Waals surface area contributed by atoms with Gasteiger partial charge in [-0.05, 0) is 37.1 Å². The molecule has 1 aromatic carbocycles. The van der Waals surface area contributed by atoms with Gasteiger partial charge in [-0.25, -0.2) is 23.5 Å². The number of hydrogen-bond acceptors (Lipinski definition) is 5. The highest BCUT2D eigenvalue weighted by Crippen LogP contribution is 2.21. The summed E-state index contributed by atoms with van der Waals surface area (Å²) in [4.78, 5) is 37.7. The van der Waals surface area contributed by atoms with E-state index in [0.29, 0.717) is 31.9 Å². The summed E-state index contributed by atoms with van der Waals surface area (Å²) in [6.45, 7) is 1.75. The van der Waals surface area contributed by atoms with Gasteiger partial charge in [0.05, 0.1) is 18.9 Å². The van der Waals surface area contributed by atoms with E-state index in [0.717, 1.165) is 25.2 Å². The van der Waals surface area contributed by atoms with Gasteiger partial charge in [0, 0.05) is 25.3 Å². The van der Waals surface area contributed by atoms with Gasteiger partial charge in [-0.15, -0.1) is 0 Å². The Morgan fingerprint density at radius 2 is 1.80 bits per heavy atom. The molecule has 2 fully saturated rings. The molecule has 30 heavy (non-hydrogen) atoms. The number of aromatic nitrogens is 2. The van der Waals surface area contributed by atoms with Crippen LogP contribution in [0.2, 0.25) is 0 Å². The van der Waals surface area contributed by atoms with Crippen molar-refractivity contribution in [3.05, 3.63) is 48.3 Å². The summed E-state index contributed by atoms with van der Waals surface area (Å²) in [6.07, 6.45) is 3.23. The van der Waals surface area contributed by atoms with Gasteiger partial charge in [0.15, 0.2) is 5.82 Å². The zero-order valence-electron chi connectivity index (χ0n) is 16.2. The Kier molecular flexibility index (Phi) is 5.73. The van der Waals surface area contributed by atoms with Crippen LogP contribution in [0.5, 0.6) is 6.01 Å². The molecule has 2 aliphatic heterocycles. The molecule has 3 amide bonds. The van der Waals surface area contributed by atoms with Crippen molar-refractivity contribution in [1.29, 1.82) is 0 Å². The summed E-state index contributed by atoms with van der Waals surface area (Å²) in [5, 5.41) is 0. The third-order valence-electron chi connectivity index (χ3n) is 5.16. The normalized spacial score (nSPS) is 19.3. The third-order valence-corrected chi connectivity index (χ3v) is 5.16. The Morgan fingerprint density at radius 3 is 2.53 bits per heavy atom. The fraction of sp³-hybridized carbons (Fsp3) is 0.400. The smallest absolute Gasteiger partial charge is 0.325 e. The first-order valence-electron chi connectivity index (χ1n) is 9.73. The first kappa shape index (κ1) is 20.0. The lowest BCUT2D eigenvalue weighted by Gasteiger charge is -2.33. The van der Waals surface area contributed by atoms with Crippen molar-refractivity contribution >= 4 is 17.6 Å². The number of halogens is 2. The maximum absolute atomic E-state index is 13.1. The molecule has 158 valence electrons. The van der Waals surface area contributed by atoms with Crippen molar-refractivity contribution in [1.82, 2.24) is 19.8 Å². The molecular weight excluding hydrogens is 396 g/mol. The van der Waals surface area contributed by atoms with Crippen molar-refractivity contribution in [3.8, 4) is 6.01 Å². The monoisotopic (exact) mass is 417 g/mol. The highest BCUT2D eigenvalue weighted by molar-refractivity contribution is 5.96. The molecule has 0 aliphatic carbocycles. The fourth-order valence-electron chi connectivity index (χ4n) is 3.62. The molecular formula is C20H21F2N5O3. The summed E-state index contributed by atoms with van der Waals surface area (Å²) in [7, 11) is 0. The third kappa shape index (κ3) is 4.47. The molecule has 0 bridgehead atoms. The maximum Gasteiger partial charge on any atom is 0.325 e. The molecule has 8 nitrogen and oxygen atoms in total. The Bertz CT molecular complexity index is 910. The van der Waals surface area contributed by atoms with Crippen molar-refractivity contribution < 1.29 is 23.1 Å². The summed E-state index contributed by atoms with van der Waals surface area (Å²) in [6, 6.07) is 5.48. The van der Waals surface area contributed by atoms with E-state index in [4.69, 9.17) is 4.74 Å². The molecule has 2 aromatic rings. The van der Waals surface area contributed by atoms with Crippen LogP contribution in [0.3, 0.4) is 0 Å². The molecule has 2 saturated heterocycles. The number of urea groups is 1. The largest absolute Gasteiger partial charge is 0.458 e. The number of ether oxygens (including phenoxy) is 1. The SMILES string of the molecule is O=C(CN1CCN(c2ccc(F)cc2)C1=O)N1CCCC(Oc2ncc(F)cn2)C1. The van der Waals surface area contributed by atoms with Crippen LogP contribution in [0.1, 0.15) is 12.8 Å². The van der Waals surface area contributed by atoms with Crippen LogP contribution in [-0.2, 0) is 4.79 Å². The molecule has 10 heteroatoms. The van der Waals surface area contributed by atoms with Gasteiger partial charge < -0.3 is 14.5 Å². The van der Waals surface area contributed by atoms with Crippen molar-refractivity contribution in [2.45, 2.75) is 18.9 Å². The predicted molar refractivity (Wildman–Crippen MR) is 103 cm³/mol. The number of carbonyl (C=O) groups excluding carboxylic acids is 2. The Hall–Kier alpha value is -3.30. The Morgan fingerprint density at radius 1 is 1.07 bits per heavy atom. The Labute approximate surface area is 172 Å². The predicted octanol–water partition coefficient (Wildman–Crippen LogP) is 2.07. The van der Waals surface area contributed by atoms with Gasteiger partial charge >= 0.3 is 12.0 Å². The van der Waals surface area contributed by atoms with Gasteiger partial charge in [0.2, 0.25) is 5.91 Å². The van der Waals surface area contributed by atoms with Crippen LogP contribution in [0.15, 0.2) is 36.7 Å². The summed E-state index contributed by atoms with van der Waals surface area (Å²) >= 11 is 0. The number of piperidine rings is 1. The molecule has 0 saturated carbocycles. The quantitative estimate of drug-likeness (QED) is 0.744. The number of benzene rings is 1.